The van der Waals surface area contributed by atoms with Crippen molar-refractivity contribution in [2.75, 3.05) is 6.54 Å². The highest BCUT2D eigenvalue weighted by Crippen LogP contribution is 2.30. The average molecular weight is 476 g/mol. The van der Waals surface area contributed by atoms with E-state index < -0.39 is 33.7 Å². The lowest BCUT2D eigenvalue weighted by atomic mass is 10.1. The predicted molar refractivity (Wildman–Crippen MR) is 119 cm³/mol. The maximum atomic E-state index is 13.3. The molecule has 1 N–H and O–H groups in total. The monoisotopic (exact) mass is 475 g/mol. The summed E-state index contributed by atoms with van der Waals surface area (Å²) in [4.78, 5) is 39.5. The lowest BCUT2D eigenvalue weighted by molar-refractivity contribution is -0.140. The van der Waals surface area contributed by atoms with E-state index in [4.69, 9.17) is 0 Å². The number of sulfonamides is 1. The normalized spacial score (nSPS) is 15.3. The summed E-state index contributed by atoms with van der Waals surface area (Å²) in [7, 11) is -4.04. The Hall–Kier alpha value is -3.27. The summed E-state index contributed by atoms with van der Waals surface area (Å²) in [6.07, 6.45) is -0.306. The third kappa shape index (κ3) is 5.22. The fourth-order valence-corrected chi connectivity index (χ4v) is 5.14. The number of benzene rings is 2. The Balaban J connectivity index is 1.79. The van der Waals surface area contributed by atoms with E-state index in [1.54, 1.807) is 26.8 Å². The molecule has 0 saturated carbocycles. The quantitative estimate of drug-likeness (QED) is 0.631. The topological polar surface area (TPSA) is 104 Å². The summed E-state index contributed by atoms with van der Waals surface area (Å²) >= 11 is 0. The van der Waals surface area contributed by atoms with Crippen molar-refractivity contribution in [1.29, 1.82) is 0 Å². The molecular formula is C23H26FN3O5S. The van der Waals surface area contributed by atoms with Crippen LogP contribution in [0.15, 0.2) is 53.4 Å². The van der Waals surface area contributed by atoms with Crippen molar-refractivity contribution in [3.05, 3.63) is 65.5 Å². The maximum absolute atomic E-state index is 13.3. The zero-order valence-electron chi connectivity index (χ0n) is 18.6. The molecule has 3 amide bonds. The first-order valence-electron chi connectivity index (χ1n) is 10.5. The number of carbonyl (C=O) groups is 3. The molecule has 0 bridgehead atoms. The molecule has 2 aromatic carbocycles. The highest BCUT2D eigenvalue weighted by molar-refractivity contribution is 7.90. The molecule has 1 aliphatic heterocycles. The average Bonchev–Trinajstić information content (AvgIpc) is 2.96. The third-order valence-corrected chi connectivity index (χ3v) is 7.15. The number of fused-ring (bicyclic) bond motifs is 1. The molecule has 0 aliphatic carbocycles. The van der Waals surface area contributed by atoms with Gasteiger partial charge in [-0.25, -0.2) is 17.1 Å². The van der Waals surface area contributed by atoms with Crippen molar-refractivity contribution in [2.24, 2.45) is 0 Å². The number of hydrogen-bond donors (Lipinski definition) is 1. The molecule has 0 saturated heterocycles. The van der Waals surface area contributed by atoms with Gasteiger partial charge in [0.05, 0.1) is 5.56 Å². The fraction of sp³-hybridized carbons (Fsp3) is 0.348. The molecule has 8 nitrogen and oxygen atoms in total. The molecule has 1 unspecified atom stereocenters. The second kappa shape index (κ2) is 9.70. The number of amides is 3. The number of carbonyl (C=O) groups excluding carboxylic acids is 3. The van der Waals surface area contributed by atoms with Crippen LogP contribution in [0.3, 0.4) is 0 Å². The minimum absolute atomic E-state index is 0.0206. The van der Waals surface area contributed by atoms with Crippen molar-refractivity contribution < 1.29 is 27.2 Å². The lowest BCUT2D eigenvalue weighted by Gasteiger charge is -2.30. The van der Waals surface area contributed by atoms with E-state index in [9.17, 15) is 27.2 Å². The van der Waals surface area contributed by atoms with E-state index in [2.05, 4.69) is 5.32 Å². The number of nitrogens with zero attached hydrogens (tertiary/aromatic N) is 2. The van der Waals surface area contributed by atoms with Gasteiger partial charge in [-0.2, -0.15) is 0 Å². The lowest BCUT2D eigenvalue weighted by Crippen LogP contribution is -2.49. The number of rotatable bonds is 8. The second-order valence-corrected chi connectivity index (χ2v) is 9.95. The van der Waals surface area contributed by atoms with E-state index in [0.29, 0.717) is 9.87 Å². The molecule has 1 aliphatic rings. The highest BCUT2D eigenvalue weighted by Gasteiger charge is 2.41. The molecule has 1 heterocycles. The van der Waals surface area contributed by atoms with E-state index in [1.165, 1.54) is 47.4 Å². The van der Waals surface area contributed by atoms with Crippen LogP contribution in [-0.4, -0.2) is 54.0 Å². The van der Waals surface area contributed by atoms with Gasteiger partial charge >= 0.3 is 0 Å². The number of halogens is 1. The van der Waals surface area contributed by atoms with E-state index in [0.717, 1.165) is 0 Å². The van der Waals surface area contributed by atoms with Gasteiger partial charge in [-0.1, -0.05) is 24.3 Å². The summed E-state index contributed by atoms with van der Waals surface area (Å²) in [6.45, 7) is 4.81. The first-order valence-corrected chi connectivity index (χ1v) is 12.0. The summed E-state index contributed by atoms with van der Waals surface area (Å²) in [6, 6.07) is 10.4. The SMILES string of the molecule is CC(C)NC(=O)C(C)N(Cc1ccc(F)cc1)C(=O)CCN1C(=O)c2ccccc2S1(=O)=O. The van der Waals surface area contributed by atoms with Gasteiger partial charge in [0.2, 0.25) is 11.8 Å². The van der Waals surface area contributed by atoms with E-state index in [-0.39, 0.29) is 41.9 Å². The minimum Gasteiger partial charge on any atom is -0.352 e. The predicted octanol–water partition coefficient (Wildman–Crippen LogP) is 2.30. The van der Waals surface area contributed by atoms with Crippen molar-refractivity contribution >= 4 is 27.7 Å². The summed E-state index contributed by atoms with van der Waals surface area (Å²) in [5, 5.41) is 2.75. The van der Waals surface area contributed by atoms with Crippen LogP contribution in [0.5, 0.6) is 0 Å². The molecular weight excluding hydrogens is 449 g/mol. The standard InChI is InChI=1S/C23H26FN3O5S/c1-15(2)25-22(29)16(3)26(14-17-8-10-18(24)11-9-17)21(28)12-13-27-23(30)19-6-4-5-7-20(19)33(27,31)32/h4-11,15-16H,12-14H2,1-3H3,(H,25,29). The summed E-state index contributed by atoms with van der Waals surface area (Å²) in [5.74, 6) is -2.00. The van der Waals surface area contributed by atoms with Gasteiger partial charge in [0.25, 0.3) is 15.9 Å². The Morgan fingerprint density at radius 1 is 1.06 bits per heavy atom. The van der Waals surface area contributed by atoms with Crippen LogP contribution < -0.4 is 5.32 Å². The fourth-order valence-electron chi connectivity index (χ4n) is 3.57. The van der Waals surface area contributed by atoms with Crippen LogP contribution in [0.1, 0.15) is 43.1 Å². The van der Waals surface area contributed by atoms with Crippen molar-refractivity contribution in [1.82, 2.24) is 14.5 Å². The Morgan fingerprint density at radius 2 is 1.70 bits per heavy atom. The maximum Gasteiger partial charge on any atom is 0.269 e. The van der Waals surface area contributed by atoms with Crippen LogP contribution in [0.25, 0.3) is 0 Å². The Labute approximate surface area is 192 Å². The largest absolute Gasteiger partial charge is 0.352 e. The van der Waals surface area contributed by atoms with Crippen LogP contribution in [0, 0.1) is 5.82 Å². The molecule has 2 aromatic rings. The van der Waals surface area contributed by atoms with Gasteiger partial charge in [0, 0.05) is 25.6 Å². The Kier molecular flexibility index (Phi) is 7.16. The molecule has 1 atom stereocenters. The Bertz CT molecular complexity index is 1160. The van der Waals surface area contributed by atoms with E-state index >= 15 is 0 Å². The molecule has 0 spiro atoms. The van der Waals surface area contributed by atoms with Crippen LogP contribution in [-0.2, 0) is 26.2 Å². The summed E-state index contributed by atoms with van der Waals surface area (Å²) in [5.41, 5.74) is 0.670. The molecule has 3 rings (SSSR count). The van der Waals surface area contributed by atoms with E-state index in [1.807, 2.05) is 0 Å². The molecule has 33 heavy (non-hydrogen) atoms. The highest BCUT2D eigenvalue weighted by atomic mass is 32.2. The summed E-state index contributed by atoms with van der Waals surface area (Å²) < 4.78 is 39.5. The molecule has 176 valence electrons. The molecule has 0 aromatic heterocycles. The van der Waals surface area contributed by atoms with Crippen molar-refractivity contribution in [3.8, 4) is 0 Å². The van der Waals surface area contributed by atoms with Crippen LogP contribution in [0.2, 0.25) is 0 Å². The van der Waals surface area contributed by atoms with Gasteiger partial charge in [-0.15, -0.1) is 0 Å². The first-order chi connectivity index (χ1) is 15.5. The Morgan fingerprint density at radius 3 is 2.30 bits per heavy atom. The van der Waals surface area contributed by atoms with Gasteiger partial charge in [-0.05, 0) is 50.6 Å². The minimum atomic E-state index is -4.04. The number of hydrogen-bond acceptors (Lipinski definition) is 5. The van der Waals surface area contributed by atoms with Gasteiger partial charge < -0.3 is 10.2 Å². The zero-order valence-corrected chi connectivity index (χ0v) is 19.4. The zero-order chi connectivity index (χ0) is 24.3. The molecule has 10 heteroatoms. The van der Waals surface area contributed by atoms with Gasteiger partial charge in [-0.3, -0.25) is 14.4 Å². The van der Waals surface area contributed by atoms with Crippen molar-refractivity contribution in [3.63, 3.8) is 0 Å². The number of nitrogens with one attached hydrogen (secondary N) is 1. The van der Waals surface area contributed by atoms with Crippen molar-refractivity contribution in [2.45, 2.75) is 50.7 Å². The van der Waals surface area contributed by atoms with Crippen LogP contribution >= 0.6 is 0 Å². The molecule has 0 radical (unpaired) electrons. The van der Waals surface area contributed by atoms with Gasteiger partial charge in [0.15, 0.2) is 0 Å². The second-order valence-electron chi connectivity index (χ2n) is 8.12. The molecule has 0 fully saturated rings. The van der Waals surface area contributed by atoms with Crippen LogP contribution in [0.4, 0.5) is 4.39 Å². The third-order valence-electron chi connectivity index (χ3n) is 5.31. The van der Waals surface area contributed by atoms with Gasteiger partial charge in [0.1, 0.15) is 16.8 Å². The first kappa shape index (κ1) is 24.4. The smallest absolute Gasteiger partial charge is 0.269 e.